The SMILES string of the molecule is COC1CN(C(C/C(N)=N/O)c2ccccc2)CC1OC. The Morgan fingerprint density at radius 2 is 1.86 bits per heavy atom. The molecule has 1 aliphatic heterocycles. The molecule has 3 atom stereocenters. The topological polar surface area (TPSA) is 80.3 Å². The molecule has 6 heteroatoms. The lowest BCUT2D eigenvalue weighted by Crippen LogP contribution is -2.31. The van der Waals surface area contributed by atoms with Gasteiger partial charge in [-0.3, -0.25) is 4.90 Å². The third-order valence-electron chi connectivity index (χ3n) is 4.01. The first-order chi connectivity index (χ1) is 10.2. The summed E-state index contributed by atoms with van der Waals surface area (Å²) in [5.41, 5.74) is 6.86. The van der Waals surface area contributed by atoms with Crippen LogP contribution >= 0.6 is 0 Å². The highest BCUT2D eigenvalue weighted by Crippen LogP contribution is 2.29. The molecule has 2 rings (SSSR count). The second kappa shape index (κ2) is 7.40. The highest BCUT2D eigenvalue weighted by atomic mass is 16.5. The van der Waals surface area contributed by atoms with Gasteiger partial charge in [-0.25, -0.2) is 0 Å². The summed E-state index contributed by atoms with van der Waals surface area (Å²) in [4.78, 5) is 2.26. The van der Waals surface area contributed by atoms with Crippen LogP contribution in [0.5, 0.6) is 0 Å². The Bertz CT molecular complexity index is 454. The molecule has 6 nitrogen and oxygen atoms in total. The molecule has 116 valence electrons. The van der Waals surface area contributed by atoms with E-state index in [-0.39, 0.29) is 24.1 Å². The van der Waals surface area contributed by atoms with Crippen LogP contribution < -0.4 is 5.73 Å². The van der Waals surface area contributed by atoms with Crippen LogP contribution in [0.3, 0.4) is 0 Å². The van der Waals surface area contributed by atoms with Gasteiger partial charge < -0.3 is 20.4 Å². The van der Waals surface area contributed by atoms with Gasteiger partial charge in [-0.2, -0.15) is 0 Å². The van der Waals surface area contributed by atoms with Gasteiger partial charge in [-0.05, 0) is 5.56 Å². The zero-order valence-electron chi connectivity index (χ0n) is 12.5. The van der Waals surface area contributed by atoms with E-state index in [1.54, 1.807) is 14.2 Å². The number of oxime groups is 1. The summed E-state index contributed by atoms with van der Waals surface area (Å²) < 4.78 is 11.0. The van der Waals surface area contributed by atoms with Crippen molar-refractivity contribution < 1.29 is 14.7 Å². The van der Waals surface area contributed by atoms with Crippen LogP contribution in [0, 0.1) is 0 Å². The zero-order valence-corrected chi connectivity index (χ0v) is 12.5. The lowest BCUT2D eigenvalue weighted by atomic mass is 10.0. The Morgan fingerprint density at radius 3 is 2.33 bits per heavy atom. The summed E-state index contributed by atoms with van der Waals surface area (Å²) in [6.45, 7) is 1.51. The molecule has 1 aliphatic rings. The lowest BCUT2D eigenvalue weighted by molar-refractivity contribution is -0.00461. The zero-order chi connectivity index (χ0) is 15.2. The Hall–Kier alpha value is -1.63. The first-order valence-electron chi connectivity index (χ1n) is 7.00. The second-order valence-electron chi connectivity index (χ2n) is 5.22. The van der Waals surface area contributed by atoms with E-state index in [4.69, 9.17) is 20.4 Å². The molecule has 0 saturated carbocycles. The quantitative estimate of drug-likeness (QED) is 0.357. The van der Waals surface area contributed by atoms with Crippen molar-refractivity contribution in [1.29, 1.82) is 0 Å². The van der Waals surface area contributed by atoms with E-state index in [1.807, 2.05) is 18.2 Å². The van der Waals surface area contributed by atoms with Gasteiger partial charge in [0.2, 0.25) is 0 Å². The number of hydrogen-bond acceptors (Lipinski definition) is 5. The number of ether oxygens (including phenoxy) is 2. The van der Waals surface area contributed by atoms with Crippen molar-refractivity contribution in [3.63, 3.8) is 0 Å². The molecule has 0 amide bonds. The summed E-state index contributed by atoms with van der Waals surface area (Å²) in [5, 5.41) is 12.0. The van der Waals surface area contributed by atoms with E-state index in [0.29, 0.717) is 6.42 Å². The maximum absolute atomic E-state index is 8.86. The molecule has 3 N–H and O–H groups in total. The largest absolute Gasteiger partial charge is 0.409 e. The molecular weight excluding hydrogens is 270 g/mol. The molecule has 1 fully saturated rings. The highest BCUT2D eigenvalue weighted by molar-refractivity contribution is 5.80. The maximum atomic E-state index is 8.86. The minimum Gasteiger partial charge on any atom is -0.409 e. The van der Waals surface area contributed by atoms with Gasteiger partial charge in [0, 0.05) is 39.8 Å². The van der Waals surface area contributed by atoms with E-state index in [2.05, 4.69) is 22.2 Å². The standard InChI is InChI=1S/C15H23N3O3/c1-20-13-9-18(10-14(13)21-2)12(8-15(16)17-19)11-6-4-3-5-7-11/h3-7,12-14,19H,8-10H2,1-2H3,(H2,16,17). The second-order valence-corrected chi connectivity index (χ2v) is 5.22. The molecule has 0 aliphatic carbocycles. The van der Waals surface area contributed by atoms with Gasteiger partial charge in [-0.1, -0.05) is 35.5 Å². The highest BCUT2D eigenvalue weighted by Gasteiger charge is 2.37. The van der Waals surface area contributed by atoms with Crippen molar-refractivity contribution in [2.24, 2.45) is 10.9 Å². The maximum Gasteiger partial charge on any atom is 0.141 e. The summed E-state index contributed by atoms with van der Waals surface area (Å²) in [6.07, 6.45) is 0.537. The number of nitrogens with zero attached hydrogens (tertiary/aromatic N) is 2. The Morgan fingerprint density at radius 1 is 1.29 bits per heavy atom. The number of amidine groups is 1. The van der Waals surface area contributed by atoms with Gasteiger partial charge in [0.05, 0.1) is 12.2 Å². The molecular formula is C15H23N3O3. The van der Waals surface area contributed by atoms with E-state index in [1.165, 1.54) is 0 Å². The number of benzene rings is 1. The van der Waals surface area contributed by atoms with E-state index in [9.17, 15) is 0 Å². The van der Waals surface area contributed by atoms with Crippen molar-refractivity contribution in [2.75, 3.05) is 27.3 Å². The molecule has 0 bridgehead atoms. The first-order valence-corrected chi connectivity index (χ1v) is 7.00. The van der Waals surface area contributed by atoms with Crippen LogP contribution in [0.25, 0.3) is 0 Å². The van der Waals surface area contributed by atoms with Crippen LogP contribution in [0.2, 0.25) is 0 Å². The summed E-state index contributed by atoms with van der Waals surface area (Å²) in [6, 6.07) is 10.1. The van der Waals surface area contributed by atoms with Crippen molar-refractivity contribution in [3.05, 3.63) is 35.9 Å². The van der Waals surface area contributed by atoms with Crippen LogP contribution in [0.15, 0.2) is 35.5 Å². The van der Waals surface area contributed by atoms with Gasteiger partial charge in [0.15, 0.2) is 0 Å². The average molecular weight is 293 g/mol. The molecule has 0 radical (unpaired) electrons. The monoisotopic (exact) mass is 293 g/mol. The van der Waals surface area contributed by atoms with Crippen LogP contribution in [-0.4, -0.2) is 55.5 Å². The molecule has 0 aromatic heterocycles. The van der Waals surface area contributed by atoms with Crippen molar-refractivity contribution >= 4 is 5.84 Å². The number of hydrogen-bond donors (Lipinski definition) is 2. The predicted molar refractivity (Wildman–Crippen MR) is 80.4 cm³/mol. The minimum absolute atomic E-state index is 0.0357. The number of nitrogens with two attached hydrogens (primary N) is 1. The summed E-state index contributed by atoms with van der Waals surface area (Å²) >= 11 is 0. The number of rotatable bonds is 6. The van der Waals surface area contributed by atoms with E-state index < -0.39 is 0 Å². The predicted octanol–water partition coefficient (Wildman–Crippen LogP) is 1.21. The fraction of sp³-hybridized carbons (Fsp3) is 0.533. The van der Waals surface area contributed by atoms with Gasteiger partial charge in [0.1, 0.15) is 5.84 Å². The summed E-state index contributed by atoms with van der Waals surface area (Å²) in [5.74, 6) is 0.221. The molecule has 1 aromatic rings. The molecule has 1 heterocycles. The van der Waals surface area contributed by atoms with Crippen molar-refractivity contribution in [2.45, 2.75) is 24.7 Å². The Balaban J connectivity index is 2.20. The van der Waals surface area contributed by atoms with Crippen LogP contribution in [-0.2, 0) is 9.47 Å². The van der Waals surface area contributed by atoms with Gasteiger partial charge in [-0.15, -0.1) is 0 Å². The van der Waals surface area contributed by atoms with Gasteiger partial charge >= 0.3 is 0 Å². The van der Waals surface area contributed by atoms with Crippen molar-refractivity contribution in [1.82, 2.24) is 4.90 Å². The molecule has 21 heavy (non-hydrogen) atoms. The Kier molecular flexibility index (Phi) is 5.55. The summed E-state index contributed by atoms with van der Waals surface area (Å²) in [7, 11) is 3.39. The van der Waals surface area contributed by atoms with Crippen LogP contribution in [0.1, 0.15) is 18.0 Å². The number of likely N-dealkylation sites (tertiary alicyclic amines) is 1. The molecule has 1 saturated heterocycles. The lowest BCUT2D eigenvalue weighted by Gasteiger charge is -2.27. The third-order valence-corrected chi connectivity index (χ3v) is 4.01. The smallest absolute Gasteiger partial charge is 0.141 e. The molecule has 1 aromatic carbocycles. The van der Waals surface area contributed by atoms with Crippen molar-refractivity contribution in [3.8, 4) is 0 Å². The average Bonchev–Trinajstić information content (AvgIpc) is 2.96. The van der Waals surface area contributed by atoms with Crippen LogP contribution in [0.4, 0.5) is 0 Å². The first kappa shape index (κ1) is 15.8. The minimum atomic E-state index is 0.0357. The van der Waals surface area contributed by atoms with E-state index in [0.717, 1.165) is 18.7 Å². The van der Waals surface area contributed by atoms with Gasteiger partial charge in [0.25, 0.3) is 0 Å². The fourth-order valence-electron chi connectivity index (χ4n) is 2.85. The Labute approximate surface area is 125 Å². The molecule has 0 spiro atoms. The van der Waals surface area contributed by atoms with E-state index >= 15 is 0 Å². The normalized spacial score (nSPS) is 25.1. The third kappa shape index (κ3) is 3.72. The fourth-order valence-corrected chi connectivity index (χ4v) is 2.85. The number of methoxy groups -OCH3 is 2. The molecule has 3 unspecified atom stereocenters.